The minimum atomic E-state index is -0.816. The summed E-state index contributed by atoms with van der Waals surface area (Å²) in [6, 6.07) is 9.16. The van der Waals surface area contributed by atoms with Crippen LogP contribution in [0.2, 0.25) is 0 Å². The highest BCUT2D eigenvalue weighted by Crippen LogP contribution is 2.05. The van der Waals surface area contributed by atoms with Crippen molar-refractivity contribution in [3.05, 3.63) is 30.3 Å². The molecule has 16 heavy (non-hydrogen) atoms. The van der Waals surface area contributed by atoms with Gasteiger partial charge < -0.3 is 15.8 Å². The Bertz CT molecular complexity index is 352. The van der Waals surface area contributed by atoms with E-state index in [-0.39, 0.29) is 12.5 Å². The van der Waals surface area contributed by atoms with Crippen LogP contribution in [0, 0.1) is 0 Å². The van der Waals surface area contributed by atoms with Crippen molar-refractivity contribution in [3.8, 4) is 0 Å². The van der Waals surface area contributed by atoms with Crippen LogP contribution in [-0.2, 0) is 9.53 Å². The second-order valence-corrected chi connectivity index (χ2v) is 3.19. The molecule has 0 aliphatic rings. The largest absolute Gasteiger partial charge is 0.450 e. The highest BCUT2D eigenvalue weighted by atomic mass is 16.5. The highest BCUT2D eigenvalue weighted by Gasteiger charge is 2.02. The second kappa shape index (κ2) is 6.44. The molecular weight excluding hydrogens is 208 g/mol. The molecule has 86 valence electrons. The van der Waals surface area contributed by atoms with Gasteiger partial charge in [0.25, 0.3) is 0 Å². The third kappa shape index (κ3) is 4.99. The van der Waals surface area contributed by atoms with Crippen LogP contribution in [0.1, 0.15) is 12.8 Å². The summed E-state index contributed by atoms with van der Waals surface area (Å²) in [5.41, 5.74) is 5.52. The van der Waals surface area contributed by atoms with Gasteiger partial charge in [0.2, 0.25) is 5.91 Å². The van der Waals surface area contributed by atoms with Crippen LogP contribution >= 0.6 is 0 Å². The number of nitrogens with one attached hydrogen (secondary N) is 1. The Hall–Kier alpha value is -2.04. The Labute approximate surface area is 93.6 Å². The maximum atomic E-state index is 11.4. The number of anilines is 1. The highest BCUT2D eigenvalue weighted by molar-refractivity contribution is 5.90. The van der Waals surface area contributed by atoms with Gasteiger partial charge in [-0.3, -0.25) is 4.79 Å². The summed E-state index contributed by atoms with van der Waals surface area (Å²) in [5, 5.41) is 2.72. The number of nitrogens with two attached hydrogens (primary N) is 1. The number of ether oxygens (including phenoxy) is 1. The third-order valence-electron chi connectivity index (χ3n) is 1.85. The number of para-hydroxylation sites is 1. The number of carbonyl (C=O) groups is 2. The molecule has 5 nitrogen and oxygen atoms in total. The van der Waals surface area contributed by atoms with Crippen LogP contribution in [-0.4, -0.2) is 18.6 Å². The Morgan fingerprint density at radius 3 is 2.56 bits per heavy atom. The molecule has 0 spiro atoms. The normalized spacial score (nSPS) is 9.50. The maximum absolute atomic E-state index is 11.4. The Morgan fingerprint density at radius 1 is 1.25 bits per heavy atom. The standard InChI is InChI=1S/C11H14N2O3/c12-11(15)16-8-4-7-10(14)13-9-5-2-1-3-6-9/h1-3,5-6H,4,7-8H2,(H2,12,15)(H,13,14). The number of hydrogen-bond donors (Lipinski definition) is 2. The zero-order valence-corrected chi connectivity index (χ0v) is 8.81. The van der Waals surface area contributed by atoms with Crippen molar-refractivity contribution >= 4 is 17.7 Å². The van der Waals surface area contributed by atoms with Crippen molar-refractivity contribution in [1.82, 2.24) is 0 Å². The molecule has 2 amide bonds. The van der Waals surface area contributed by atoms with Gasteiger partial charge in [-0.15, -0.1) is 0 Å². The van der Waals surface area contributed by atoms with E-state index >= 15 is 0 Å². The Balaban J connectivity index is 2.19. The average molecular weight is 222 g/mol. The third-order valence-corrected chi connectivity index (χ3v) is 1.85. The Morgan fingerprint density at radius 2 is 1.94 bits per heavy atom. The zero-order valence-electron chi connectivity index (χ0n) is 8.81. The molecule has 3 N–H and O–H groups in total. The number of hydrogen-bond acceptors (Lipinski definition) is 3. The van der Waals surface area contributed by atoms with E-state index in [0.29, 0.717) is 12.8 Å². The molecule has 0 saturated carbocycles. The van der Waals surface area contributed by atoms with Gasteiger partial charge >= 0.3 is 6.09 Å². The summed E-state index contributed by atoms with van der Waals surface area (Å²) in [4.78, 5) is 21.6. The lowest BCUT2D eigenvalue weighted by Crippen LogP contribution is -2.16. The van der Waals surface area contributed by atoms with Crippen molar-refractivity contribution in [1.29, 1.82) is 0 Å². The van der Waals surface area contributed by atoms with E-state index in [1.807, 2.05) is 18.2 Å². The first-order valence-corrected chi connectivity index (χ1v) is 4.95. The van der Waals surface area contributed by atoms with E-state index < -0.39 is 6.09 Å². The minimum absolute atomic E-state index is 0.112. The summed E-state index contributed by atoms with van der Waals surface area (Å²) in [7, 11) is 0. The van der Waals surface area contributed by atoms with Crippen LogP contribution in [0.5, 0.6) is 0 Å². The fourth-order valence-corrected chi connectivity index (χ4v) is 1.15. The molecule has 1 aromatic carbocycles. The average Bonchev–Trinajstić information content (AvgIpc) is 2.25. The van der Waals surface area contributed by atoms with Gasteiger partial charge in [0.1, 0.15) is 0 Å². The van der Waals surface area contributed by atoms with Gasteiger partial charge in [-0.2, -0.15) is 0 Å². The number of benzene rings is 1. The lowest BCUT2D eigenvalue weighted by Gasteiger charge is -2.04. The minimum Gasteiger partial charge on any atom is -0.450 e. The van der Waals surface area contributed by atoms with Crippen LogP contribution in [0.3, 0.4) is 0 Å². The van der Waals surface area contributed by atoms with Gasteiger partial charge in [-0.1, -0.05) is 18.2 Å². The van der Waals surface area contributed by atoms with Crippen molar-refractivity contribution in [2.45, 2.75) is 12.8 Å². The van der Waals surface area contributed by atoms with Gasteiger partial charge in [0, 0.05) is 12.1 Å². The van der Waals surface area contributed by atoms with Gasteiger partial charge in [-0.25, -0.2) is 4.79 Å². The number of carbonyl (C=O) groups excluding carboxylic acids is 2. The fraction of sp³-hybridized carbons (Fsp3) is 0.273. The molecule has 0 saturated heterocycles. The van der Waals surface area contributed by atoms with Crippen LogP contribution in [0.4, 0.5) is 10.5 Å². The molecule has 1 rings (SSSR count). The molecule has 5 heteroatoms. The molecule has 0 aromatic heterocycles. The quantitative estimate of drug-likeness (QED) is 0.741. The fourth-order valence-electron chi connectivity index (χ4n) is 1.15. The smallest absolute Gasteiger partial charge is 0.404 e. The first-order valence-electron chi connectivity index (χ1n) is 4.95. The maximum Gasteiger partial charge on any atom is 0.404 e. The molecule has 0 atom stereocenters. The van der Waals surface area contributed by atoms with Crippen molar-refractivity contribution in [2.24, 2.45) is 5.73 Å². The lowest BCUT2D eigenvalue weighted by molar-refractivity contribution is -0.116. The summed E-state index contributed by atoms with van der Waals surface area (Å²) in [5.74, 6) is -0.112. The predicted molar refractivity (Wildman–Crippen MR) is 59.8 cm³/mol. The van der Waals surface area contributed by atoms with Crippen LogP contribution < -0.4 is 11.1 Å². The molecule has 0 aliphatic heterocycles. The van der Waals surface area contributed by atoms with Crippen molar-refractivity contribution in [3.63, 3.8) is 0 Å². The van der Waals surface area contributed by atoms with E-state index in [2.05, 4.69) is 10.1 Å². The number of primary amides is 1. The molecule has 0 radical (unpaired) electrons. The van der Waals surface area contributed by atoms with Crippen LogP contribution in [0.25, 0.3) is 0 Å². The number of rotatable bonds is 5. The van der Waals surface area contributed by atoms with E-state index in [4.69, 9.17) is 5.73 Å². The second-order valence-electron chi connectivity index (χ2n) is 3.19. The summed E-state index contributed by atoms with van der Waals surface area (Å²) in [6.45, 7) is 0.164. The molecule has 0 fully saturated rings. The number of amides is 2. The van der Waals surface area contributed by atoms with E-state index in [0.717, 1.165) is 5.69 Å². The molecule has 0 aliphatic carbocycles. The first-order chi connectivity index (χ1) is 7.68. The first kappa shape index (κ1) is 12.0. The van der Waals surface area contributed by atoms with E-state index in [1.54, 1.807) is 12.1 Å². The van der Waals surface area contributed by atoms with Gasteiger partial charge in [0.05, 0.1) is 6.61 Å². The molecule has 1 aromatic rings. The van der Waals surface area contributed by atoms with Crippen LogP contribution in [0.15, 0.2) is 30.3 Å². The molecule has 0 heterocycles. The summed E-state index contributed by atoms with van der Waals surface area (Å²) < 4.78 is 4.50. The molecule has 0 unspecified atom stereocenters. The summed E-state index contributed by atoms with van der Waals surface area (Å²) in [6.07, 6.45) is -0.0625. The predicted octanol–water partition coefficient (Wildman–Crippen LogP) is 1.50. The monoisotopic (exact) mass is 222 g/mol. The van der Waals surface area contributed by atoms with E-state index in [9.17, 15) is 9.59 Å². The lowest BCUT2D eigenvalue weighted by atomic mass is 10.3. The van der Waals surface area contributed by atoms with Crippen molar-refractivity contribution < 1.29 is 14.3 Å². The van der Waals surface area contributed by atoms with E-state index in [1.165, 1.54) is 0 Å². The van der Waals surface area contributed by atoms with Crippen molar-refractivity contribution in [2.75, 3.05) is 11.9 Å². The zero-order chi connectivity index (χ0) is 11.8. The molecule has 0 bridgehead atoms. The Kier molecular flexibility index (Phi) is 4.85. The summed E-state index contributed by atoms with van der Waals surface area (Å²) >= 11 is 0. The SMILES string of the molecule is NC(=O)OCCCC(=O)Nc1ccccc1. The van der Waals surface area contributed by atoms with Gasteiger partial charge in [-0.05, 0) is 18.6 Å². The van der Waals surface area contributed by atoms with Gasteiger partial charge in [0.15, 0.2) is 0 Å². The topological polar surface area (TPSA) is 81.4 Å². The molecular formula is C11H14N2O3.